The van der Waals surface area contributed by atoms with E-state index < -0.39 is 12.1 Å². The van der Waals surface area contributed by atoms with Crippen molar-refractivity contribution in [1.29, 1.82) is 0 Å². The number of hydrogen-bond acceptors (Lipinski definition) is 6. The SMILES string of the molecule is CCN(CC)C(=O)[C@H](OC(=O)c1cc(C2CC2)nc2onc(C)c12)c1ccccc1. The number of aromatic nitrogens is 2. The Kier molecular flexibility index (Phi) is 5.53. The molecule has 156 valence electrons. The fourth-order valence-electron chi connectivity index (χ4n) is 3.62. The van der Waals surface area contributed by atoms with Gasteiger partial charge in [0, 0.05) is 30.3 Å². The normalized spacial score (nSPS) is 14.5. The molecular weight excluding hydrogens is 382 g/mol. The minimum absolute atomic E-state index is 0.241. The second kappa shape index (κ2) is 8.26. The van der Waals surface area contributed by atoms with E-state index in [1.807, 2.05) is 32.0 Å². The zero-order chi connectivity index (χ0) is 21.3. The summed E-state index contributed by atoms with van der Waals surface area (Å²) in [7, 11) is 0. The molecule has 0 aliphatic heterocycles. The summed E-state index contributed by atoms with van der Waals surface area (Å²) in [6.45, 7) is 6.63. The van der Waals surface area contributed by atoms with E-state index in [0.29, 0.717) is 46.9 Å². The van der Waals surface area contributed by atoms with Crippen LogP contribution in [0.5, 0.6) is 0 Å². The molecule has 1 aliphatic carbocycles. The van der Waals surface area contributed by atoms with Crippen molar-refractivity contribution >= 4 is 23.0 Å². The average Bonchev–Trinajstić information content (AvgIpc) is 3.56. The Morgan fingerprint density at radius 2 is 1.90 bits per heavy atom. The van der Waals surface area contributed by atoms with Crippen molar-refractivity contribution in [3.05, 3.63) is 58.9 Å². The van der Waals surface area contributed by atoms with Crippen molar-refractivity contribution in [1.82, 2.24) is 15.0 Å². The van der Waals surface area contributed by atoms with Crippen LogP contribution in [0.2, 0.25) is 0 Å². The van der Waals surface area contributed by atoms with Crippen LogP contribution in [0.4, 0.5) is 0 Å². The van der Waals surface area contributed by atoms with Gasteiger partial charge < -0.3 is 14.2 Å². The Morgan fingerprint density at radius 3 is 2.53 bits per heavy atom. The minimum Gasteiger partial charge on any atom is -0.444 e. The second-order valence-corrected chi connectivity index (χ2v) is 7.52. The van der Waals surface area contributed by atoms with Crippen LogP contribution in [-0.4, -0.2) is 40.0 Å². The van der Waals surface area contributed by atoms with Crippen molar-refractivity contribution in [3.63, 3.8) is 0 Å². The zero-order valence-electron chi connectivity index (χ0n) is 17.4. The van der Waals surface area contributed by atoms with E-state index in [1.165, 1.54) is 0 Å². The summed E-state index contributed by atoms with van der Waals surface area (Å²) in [5, 5.41) is 4.50. The highest BCUT2D eigenvalue weighted by molar-refractivity contribution is 6.04. The molecule has 1 fully saturated rings. The zero-order valence-corrected chi connectivity index (χ0v) is 17.4. The monoisotopic (exact) mass is 407 g/mol. The molecule has 1 saturated carbocycles. The Hall–Kier alpha value is -3.22. The molecule has 1 aliphatic rings. The van der Waals surface area contributed by atoms with Gasteiger partial charge in [0.15, 0.2) is 0 Å². The van der Waals surface area contributed by atoms with E-state index in [1.54, 1.807) is 30.0 Å². The van der Waals surface area contributed by atoms with Gasteiger partial charge in [-0.2, -0.15) is 0 Å². The lowest BCUT2D eigenvalue weighted by atomic mass is 10.1. The van der Waals surface area contributed by atoms with Gasteiger partial charge in [0.1, 0.15) is 0 Å². The van der Waals surface area contributed by atoms with Crippen molar-refractivity contribution in [2.24, 2.45) is 0 Å². The largest absolute Gasteiger partial charge is 0.444 e. The molecule has 1 aromatic carbocycles. The summed E-state index contributed by atoms with van der Waals surface area (Å²) in [6.07, 6.45) is 1.05. The third-order valence-corrected chi connectivity index (χ3v) is 5.48. The van der Waals surface area contributed by atoms with Crippen molar-refractivity contribution in [2.75, 3.05) is 13.1 Å². The lowest BCUT2D eigenvalue weighted by Crippen LogP contribution is -2.36. The molecule has 30 heavy (non-hydrogen) atoms. The molecule has 1 atom stereocenters. The number of ether oxygens (including phenoxy) is 1. The molecule has 2 aromatic heterocycles. The highest BCUT2D eigenvalue weighted by Crippen LogP contribution is 2.40. The van der Waals surface area contributed by atoms with E-state index in [9.17, 15) is 9.59 Å². The van der Waals surface area contributed by atoms with Crippen molar-refractivity contribution in [2.45, 2.75) is 45.6 Å². The first kappa shape index (κ1) is 20.1. The van der Waals surface area contributed by atoms with Crippen LogP contribution in [0.1, 0.15) is 66.0 Å². The lowest BCUT2D eigenvalue weighted by Gasteiger charge is -2.25. The number of hydrogen-bond donors (Lipinski definition) is 0. The number of esters is 1. The Morgan fingerprint density at radius 1 is 1.20 bits per heavy atom. The van der Waals surface area contributed by atoms with Gasteiger partial charge in [-0.1, -0.05) is 35.5 Å². The van der Waals surface area contributed by atoms with E-state index in [4.69, 9.17) is 9.26 Å². The molecule has 0 N–H and O–H groups in total. The maximum absolute atomic E-state index is 13.3. The number of amides is 1. The maximum atomic E-state index is 13.3. The molecule has 1 amide bonds. The van der Waals surface area contributed by atoms with E-state index >= 15 is 0 Å². The molecule has 0 saturated heterocycles. The summed E-state index contributed by atoms with van der Waals surface area (Å²) < 4.78 is 11.2. The van der Waals surface area contributed by atoms with Crippen LogP contribution in [0.15, 0.2) is 40.9 Å². The van der Waals surface area contributed by atoms with Crippen molar-refractivity contribution < 1.29 is 18.8 Å². The van der Waals surface area contributed by atoms with E-state index in [2.05, 4.69) is 10.1 Å². The molecule has 7 heteroatoms. The standard InChI is InChI=1S/C23H25N3O4/c1-4-26(5-2)22(27)20(16-9-7-6-8-10-16)29-23(28)17-13-18(15-11-12-15)24-21-19(17)14(3)25-30-21/h6-10,13,15,20H,4-5,11-12H2,1-3H3/t20-/m1/s1. The number of nitrogens with zero attached hydrogens (tertiary/aromatic N) is 3. The Bertz CT molecular complexity index is 1070. The third kappa shape index (κ3) is 3.79. The molecule has 4 rings (SSSR count). The third-order valence-electron chi connectivity index (χ3n) is 5.48. The number of carbonyl (C=O) groups excluding carboxylic acids is 2. The predicted molar refractivity (Wildman–Crippen MR) is 111 cm³/mol. The molecule has 3 aromatic rings. The molecule has 2 heterocycles. The first-order valence-corrected chi connectivity index (χ1v) is 10.3. The Balaban J connectivity index is 1.72. The van der Waals surface area contributed by atoms with Crippen LogP contribution < -0.4 is 0 Å². The summed E-state index contributed by atoms with van der Waals surface area (Å²) in [6, 6.07) is 10.9. The number of pyridine rings is 1. The van der Waals surface area contributed by atoms with Crippen LogP contribution in [0.25, 0.3) is 11.1 Å². The van der Waals surface area contributed by atoms with Crippen LogP contribution in [0.3, 0.4) is 0 Å². The van der Waals surface area contributed by atoms with Gasteiger partial charge in [-0.15, -0.1) is 0 Å². The summed E-state index contributed by atoms with van der Waals surface area (Å²) in [5.41, 5.74) is 2.68. The van der Waals surface area contributed by atoms with E-state index in [-0.39, 0.29) is 5.91 Å². The van der Waals surface area contributed by atoms with Gasteiger partial charge in [-0.3, -0.25) is 4.79 Å². The number of benzene rings is 1. The van der Waals surface area contributed by atoms with Crippen LogP contribution in [-0.2, 0) is 9.53 Å². The molecule has 0 radical (unpaired) electrons. The maximum Gasteiger partial charge on any atom is 0.340 e. The van der Waals surface area contributed by atoms with Crippen LogP contribution >= 0.6 is 0 Å². The smallest absolute Gasteiger partial charge is 0.340 e. The fourth-order valence-corrected chi connectivity index (χ4v) is 3.62. The number of aryl methyl sites for hydroxylation is 1. The quantitative estimate of drug-likeness (QED) is 0.546. The topological polar surface area (TPSA) is 85.5 Å². The second-order valence-electron chi connectivity index (χ2n) is 7.52. The minimum atomic E-state index is -1.02. The lowest BCUT2D eigenvalue weighted by molar-refractivity contribution is -0.140. The summed E-state index contributed by atoms with van der Waals surface area (Å²) in [5.74, 6) is -0.493. The molecule has 7 nitrogen and oxygen atoms in total. The highest BCUT2D eigenvalue weighted by atomic mass is 16.5. The van der Waals surface area contributed by atoms with Gasteiger partial charge in [-0.05, 0) is 39.7 Å². The summed E-state index contributed by atoms with van der Waals surface area (Å²) >= 11 is 0. The molecule has 0 spiro atoms. The van der Waals surface area contributed by atoms with Gasteiger partial charge in [0.2, 0.25) is 6.10 Å². The number of fused-ring (bicyclic) bond motifs is 1. The molecule has 0 unspecified atom stereocenters. The number of likely N-dealkylation sites (N-methyl/N-ethyl adjacent to an activating group) is 1. The average molecular weight is 407 g/mol. The Labute approximate surface area is 175 Å². The van der Waals surface area contributed by atoms with Gasteiger partial charge >= 0.3 is 5.97 Å². The van der Waals surface area contributed by atoms with Gasteiger partial charge in [-0.25, -0.2) is 9.78 Å². The van der Waals surface area contributed by atoms with E-state index in [0.717, 1.165) is 18.5 Å². The summed E-state index contributed by atoms with van der Waals surface area (Å²) in [4.78, 5) is 32.6. The number of carbonyl (C=O) groups is 2. The predicted octanol–water partition coefficient (Wildman–Crippen LogP) is 4.18. The number of rotatable bonds is 7. The molecular formula is C23H25N3O4. The highest BCUT2D eigenvalue weighted by Gasteiger charge is 2.32. The molecule has 0 bridgehead atoms. The fraction of sp³-hybridized carbons (Fsp3) is 0.391. The van der Waals surface area contributed by atoms with Crippen LogP contribution in [0, 0.1) is 6.92 Å². The van der Waals surface area contributed by atoms with Gasteiger partial charge in [0.05, 0.1) is 16.6 Å². The van der Waals surface area contributed by atoms with Gasteiger partial charge in [0.25, 0.3) is 11.6 Å². The van der Waals surface area contributed by atoms with Crippen molar-refractivity contribution in [3.8, 4) is 0 Å². The first-order chi connectivity index (χ1) is 14.5. The first-order valence-electron chi connectivity index (χ1n) is 10.3.